The molecule has 0 aliphatic rings. The van der Waals surface area contributed by atoms with E-state index in [2.05, 4.69) is 4.98 Å². The van der Waals surface area contributed by atoms with Crippen molar-refractivity contribution in [2.45, 2.75) is 0 Å². The zero-order chi connectivity index (χ0) is 17.2. The first-order chi connectivity index (χ1) is 12.3. The third kappa shape index (κ3) is 2.68. The second kappa shape index (κ2) is 6.24. The number of methoxy groups -OCH3 is 1. The number of hydrogen-bond donors (Lipinski definition) is 0. The molecule has 0 radical (unpaired) electrons. The molecule has 0 aliphatic carbocycles. The Morgan fingerprint density at radius 3 is 2.24 bits per heavy atom. The number of ether oxygens (including phenoxy) is 1. The summed E-state index contributed by atoms with van der Waals surface area (Å²) in [7, 11) is 1.64. The van der Waals surface area contributed by atoms with Gasteiger partial charge in [0.2, 0.25) is 0 Å². The van der Waals surface area contributed by atoms with Crippen LogP contribution < -0.4 is 10.3 Å². The van der Waals surface area contributed by atoms with E-state index >= 15 is 0 Å². The highest BCUT2D eigenvalue weighted by molar-refractivity contribution is 5.82. The fourth-order valence-electron chi connectivity index (χ4n) is 2.94. The van der Waals surface area contributed by atoms with Gasteiger partial charge in [0, 0.05) is 11.3 Å². The van der Waals surface area contributed by atoms with E-state index in [1.165, 1.54) is 0 Å². The second-order valence-corrected chi connectivity index (χ2v) is 5.66. The Labute approximate surface area is 145 Å². The van der Waals surface area contributed by atoms with E-state index in [9.17, 15) is 4.79 Å². The van der Waals surface area contributed by atoms with E-state index in [0.717, 1.165) is 22.5 Å². The van der Waals surface area contributed by atoms with E-state index in [0.29, 0.717) is 11.2 Å². The number of para-hydroxylation sites is 1. The highest BCUT2D eigenvalue weighted by Gasteiger charge is 2.13. The number of benzene rings is 3. The minimum Gasteiger partial charge on any atom is -0.497 e. The lowest BCUT2D eigenvalue weighted by Crippen LogP contribution is -2.15. The molecule has 0 atom stereocenters. The van der Waals surface area contributed by atoms with Crippen LogP contribution in [-0.4, -0.2) is 16.7 Å². The monoisotopic (exact) mass is 328 g/mol. The molecule has 0 spiro atoms. The summed E-state index contributed by atoms with van der Waals surface area (Å²) in [5.41, 5.74) is 2.41. The molecule has 3 aromatic carbocycles. The first kappa shape index (κ1) is 15.1. The van der Waals surface area contributed by atoms with Gasteiger partial charge in [-0.3, -0.25) is 9.36 Å². The molecular formula is C21H16N2O2. The van der Waals surface area contributed by atoms with Gasteiger partial charge < -0.3 is 4.74 Å². The molecule has 0 unspecified atom stereocenters. The number of aromatic nitrogens is 2. The van der Waals surface area contributed by atoms with E-state index in [1.54, 1.807) is 13.2 Å². The second-order valence-electron chi connectivity index (χ2n) is 5.66. The minimum atomic E-state index is -0.223. The summed E-state index contributed by atoms with van der Waals surface area (Å²) in [5, 5.41) is 0.595. The minimum absolute atomic E-state index is 0.223. The summed E-state index contributed by atoms with van der Waals surface area (Å²) in [6, 6.07) is 25.0. The Kier molecular flexibility index (Phi) is 3.78. The van der Waals surface area contributed by atoms with E-state index in [4.69, 9.17) is 4.74 Å². The molecule has 122 valence electrons. The normalized spacial score (nSPS) is 10.8. The highest BCUT2D eigenvalue weighted by Crippen LogP contribution is 2.26. The molecule has 0 saturated carbocycles. The molecule has 0 saturated heterocycles. The van der Waals surface area contributed by atoms with Crippen LogP contribution in [0.3, 0.4) is 0 Å². The Morgan fingerprint density at radius 1 is 0.840 bits per heavy atom. The summed E-state index contributed by atoms with van der Waals surface area (Å²) < 4.78 is 7.26. The lowest BCUT2D eigenvalue weighted by atomic mass is 10.1. The number of fused-ring (bicyclic) bond motifs is 1. The molecule has 0 N–H and O–H groups in total. The van der Waals surface area contributed by atoms with Crippen molar-refractivity contribution in [2.75, 3.05) is 7.11 Å². The number of nitrogens with zero attached hydrogens (tertiary/aromatic N) is 2. The van der Waals surface area contributed by atoms with Crippen LogP contribution in [0.4, 0.5) is 0 Å². The fourth-order valence-corrected chi connectivity index (χ4v) is 2.94. The third-order valence-electron chi connectivity index (χ3n) is 4.16. The Hall–Kier alpha value is -3.40. The highest BCUT2D eigenvalue weighted by atomic mass is 16.5. The summed E-state index contributed by atoms with van der Waals surface area (Å²) in [6.45, 7) is 0. The maximum Gasteiger partial charge on any atom is 0.281 e. The first-order valence-corrected chi connectivity index (χ1v) is 7.99. The van der Waals surface area contributed by atoms with Gasteiger partial charge in [-0.1, -0.05) is 42.5 Å². The van der Waals surface area contributed by atoms with Gasteiger partial charge in [-0.25, -0.2) is 0 Å². The smallest absolute Gasteiger partial charge is 0.281 e. The van der Waals surface area contributed by atoms with Gasteiger partial charge in [-0.15, -0.1) is 0 Å². The molecule has 4 nitrogen and oxygen atoms in total. The van der Waals surface area contributed by atoms with Crippen molar-refractivity contribution in [1.29, 1.82) is 0 Å². The zero-order valence-corrected chi connectivity index (χ0v) is 13.7. The fraction of sp³-hybridized carbons (Fsp3) is 0.0476. The van der Waals surface area contributed by atoms with Gasteiger partial charge in [0.05, 0.1) is 18.0 Å². The predicted octanol–water partition coefficient (Wildman–Crippen LogP) is 4.06. The average molecular weight is 328 g/mol. The maximum absolute atomic E-state index is 12.5. The van der Waals surface area contributed by atoms with E-state index in [1.807, 2.05) is 77.4 Å². The van der Waals surface area contributed by atoms with Crippen LogP contribution in [0.2, 0.25) is 0 Å². The summed E-state index contributed by atoms with van der Waals surface area (Å²) in [4.78, 5) is 16.9. The standard InChI is InChI=1S/C21H16N2O2/c1-25-17-13-11-16(12-14-17)23-19-10-6-5-9-18(19)21(24)22-20(23)15-7-3-2-4-8-15/h2-14H,1H3. The molecule has 0 aliphatic heterocycles. The van der Waals surface area contributed by atoms with E-state index in [-0.39, 0.29) is 5.56 Å². The van der Waals surface area contributed by atoms with Crippen LogP contribution in [0.1, 0.15) is 0 Å². The van der Waals surface area contributed by atoms with Crippen molar-refractivity contribution in [3.8, 4) is 22.8 Å². The van der Waals surface area contributed by atoms with Gasteiger partial charge in [0.1, 0.15) is 11.6 Å². The average Bonchev–Trinajstić information content (AvgIpc) is 2.69. The topological polar surface area (TPSA) is 44.1 Å². The molecular weight excluding hydrogens is 312 g/mol. The van der Waals surface area contributed by atoms with Crippen LogP contribution >= 0.6 is 0 Å². The van der Waals surface area contributed by atoms with Crippen LogP contribution in [0.5, 0.6) is 5.75 Å². The molecule has 0 bridgehead atoms. The molecule has 4 aromatic rings. The Morgan fingerprint density at radius 2 is 1.52 bits per heavy atom. The van der Waals surface area contributed by atoms with Crippen LogP contribution in [0.25, 0.3) is 28.0 Å². The van der Waals surface area contributed by atoms with Crippen LogP contribution in [0, 0.1) is 0 Å². The summed E-state index contributed by atoms with van der Waals surface area (Å²) in [5.74, 6) is 1.40. The lowest BCUT2D eigenvalue weighted by molar-refractivity contribution is 0.415. The SMILES string of the molecule is COc1ccc(-n2c(-c3ccccc3)nc(=O)c3ccccc32)cc1. The lowest BCUT2D eigenvalue weighted by Gasteiger charge is -2.16. The van der Waals surface area contributed by atoms with Gasteiger partial charge >= 0.3 is 0 Å². The van der Waals surface area contributed by atoms with Crippen molar-refractivity contribution in [3.63, 3.8) is 0 Å². The molecule has 0 fully saturated rings. The Bertz CT molecular complexity index is 1080. The van der Waals surface area contributed by atoms with Crippen molar-refractivity contribution in [3.05, 3.63) is 89.2 Å². The molecule has 4 rings (SSSR count). The number of rotatable bonds is 3. The molecule has 1 heterocycles. The Balaban J connectivity index is 2.08. The van der Waals surface area contributed by atoms with E-state index < -0.39 is 0 Å². The maximum atomic E-state index is 12.5. The van der Waals surface area contributed by atoms with Gasteiger partial charge in [-0.2, -0.15) is 4.98 Å². The molecule has 1 aromatic heterocycles. The zero-order valence-electron chi connectivity index (χ0n) is 13.7. The van der Waals surface area contributed by atoms with Crippen LogP contribution in [-0.2, 0) is 0 Å². The van der Waals surface area contributed by atoms with Crippen molar-refractivity contribution in [2.24, 2.45) is 0 Å². The van der Waals surface area contributed by atoms with Crippen LogP contribution in [0.15, 0.2) is 83.7 Å². The molecule has 25 heavy (non-hydrogen) atoms. The van der Waals surface area contributed by atoms with Crippen molar-refractivity contribution < 1.29 is 4.74 Å². The first-order valence-electron chi connectivity index (χ1n) is 7.99. The summed E-state index contributed by atoms with van der Waals surface area (Å²) >= 11 is 0. The van der Waals surface area contributed by atoms with Crippen molar-refractivity contribution >= 4 is 10.9 Å². The van der Waals surface area contributed by atoms with Gasteiger partial charge in [-0.05, 0) is 36.4 Å². The van der Waals surface area contributed by atoms with Gasteiger partial charge in [0.25, 0.3) is 5.56 Å². The number of hydrogen-bond acceptors (Lipinski definition) is 3. The largest absolute Gasteiger partial charge is 0.497 e. The molecule has 4 heteroatoms. The quantitative estimate of drug-likeness (QED) is 0.569. The predicted molar refractivity (Wildman–Crippen MR) is 99.3 cm³/mol. The third-order valence-corrected chi connectivity index (χ3v) is 4.16. The molecule has 0 amide bonds. The van der Waals surface area contributed by atoms with Crippen molar-refractivity contribution in [1.82, 2.24) is 9.55 Å². The van der Waals surface area contributed by atoms with Gasteiger partial charge in [0.15, 0.2) is 0 Å². The summed E-state index contributed by atoms with van der Waals surface area (Å²) in [6.07, 6.45) is 0.